The molecule has 0 unspecified atom stereocenters. The van der Waals surface area contributed by atoms with Gasteiger partial charge in [-0.15, -0.1) is 0 Å². The van der Waals surface area contributed by atoms with Crippen LogP contribution in [0.3, 0.4) is 0 Å². The quantitative estimate of drug-likeness (QED) is 0.715. The Balaban J connectivity index is 1.73. The Morgan fingerprint density at radius 1 is 1.30 bits per heavy atom. The van der Waals surface area contributed by atoms with Crippen molar-refractivity contribution in [3.63, 3.8) is 0 Å². The van der Waals surface area contributed by atoms with E-state index in [0.29, 0.717) is 24.1 Å². The topological polar surface area (TPSA) is 61.3 Å². The van der Waals surface area contributed by atoms with E-state index in [4.69, 9.17) is 13.7 Å². The predicted molar refractivity (Wildman–Crippen MR) is 72.4 cm³/mol. The van der Waals surface area contributed by atoms with Crippen LogP contribution in [0, 0.1) is 6.92 Å². The van der Waals surface area contributed by atoms with Gasteiger partial charge in [-0.05, 0) is 25.0 Å². The van der Waals surface area contributed by atoms with Crippen LogP contribution >= 0.6 is 0 Å². The molecule has 1 aliphatic heterocycles. The van der Waals surface area contributed by atoms with E-state index in [0.717, 1.165) is 29.6 Å². The van der Waals surface area contributed by atoms with Crippen LogP contribution in [-0.4, -0.2) is 23.4 Å². The largest absolute Gasteiger partial charge is 0.451 e. The number of fused-ring (bicyclic) bond motifs is 1. The average molecular weight is 270 g/mol. The third-order valence-electron chi connectivity index (χ3n) is 3.69. The summed E-state index contributed by atoms with van der Waals surface area (Å²) >= 11 is 0. The van der Waals surface area contributed by atoms with Gasteiger partial charge in [0.05, 0.1) is 6.61 Å². The zero-order valence-electron chi connectivity index (χ0n) is 11.1. The monoisotopic (exact) mass is 270 g/mol. The molecule has 0 saturated carbocycles. The Hall–Kier alpha value is -2.14. The molecule has 1 saturated heterocycles. The molecule has 1 aromatic carbocycles. The van der Waals surface area contributed by atoms with Crippen molar-refractivity contribution < 1.29 is 13.7 Å². The Labute approximate surface area is 115 Å². The summed E-state index contributed by atoms with van der Waals surface area (Å²) in [4.78, 5) is 4.44. The van der Waals surface area contributed by atoms with Crippen molar-refractivity contribution in [3.05, 3.63) is 35.7 Å². The van der Waals surface area contributed by atoms with Crippen LogP contribution < -0.4 is 0 Å². The van der Waals surface area contributed by atoms with Gasteiger partial charge in [0.1, 0.15) is 5.58 Å². The number of aromatic nitrogens is 2. The number of furan rings is 1. The van der Waals surface area contributed by atoms with Gasteiger partial charge in [-0.3, -0.25) is 0 Å². The van der Waals surface area contributed by atoms with Gasteiger partial charge in [0.2, 0.25) is 0 Å². The minimum atomic E-state index is 0.235. The molecule has 3 heterocycles. The highest BCUT2D eigenvalue weighted by Gasteiger charge is 2.24. The molecular formula is C15H14N2O3. The lowest BCUT2D eigenvalue weighted by Crippen LogP contribution is -1.99. The van der Waals surface area contributed by atoms with Gasteiger partial charge < -0.3 is 13.7 Å². The molecule has 0 radical (unpaired) electrons. The zero-order chi connectivity index (χ0) is 13.5. The summed E-state index contributed by atoms with van der Waals surface area (Å²) in [6.45, 7) is 3.45. The van der Waals surface area contributed by atoms with E-state index in [9.17, 15) is 0 Å². The second-order valence-electron chi connectivity index (χ2n) is 5.12. The molecule has 2 aromatic heterocycles. The van der Waals surface area contributed by atoms with Crippen LogP contribution in [0.15, 0.2) is 33.2 Å². The molecule has 4 rings (SSSR count). The highest BCUT2D eigenvalue weighted by Crippen LogP contribution is 2.30. The first-order chi connectivity index (χ1) is 9.81. The highest BCUT2D eigenvalue weighted by atomic mass is 16.5. The van der Waals surface area contributed by atoms with Gasteiger partial charge in [-0.25, -0.2) is 0 Å². The van der Waals surface area contributed by atoms with Crippen LogP contribution in [-0.2, 0) is 4.74 Å². The van der Waals surface area contributed by atoms with Gasteiger partial charge in [0, 0.05) is 17.9 Å². The van der Waals surface area contributed by atoms with Crippen LogP contribution in [0.1, 0.15) is 23.7 Å². The van der Waals surface area contributed by atoms with E-state index >= 15 is 0 Å². The summed E-state index contributed by atoms with van der Waals surface area (Å²) in [5, 5.41) is 5.09. The van der Waals surface area contributed by atoms with Crippen molar-refractivity contribution in [3.8, 4) is 11.7 Å². The van der Waals surface area contributed by atoms with E-state index in [2.05, 4.69) is 10.1 Å². The third kappa shape index (κ3) is 1.82. The number of ether oxygens (including phenoxy) is 1. The summed E-state index contributed by atoms with van der Waals surface area (Å²) in [7, 11) is 0. The minimum Gasteiger partial charge on any atom is -0.451 e. The first-order valence-electron chi connectivity index (χ1n) is 6.72. The normalized spacial score (nSPS) is 18.9. The first kappa shape index (κ1) is 11.7. The molecule has 3 aromatic rings. The first-order valence-corrected chi connectivity index (χ1v) is 6.72. The second kappa shape index (κ2) is 4.45. The fourth-order valence-corrected chi connectivity index (χ4v) is 2.55. The Bertz CT molecular complexity index is 753. The summed E-state index contributed by atoms with van der Waals surface area (Å²) in [5.74, 6) is 1.99. The van der Waals surface area contributed by atoms with Crippen molar-refractivity contribution in [2.24, 2.45) is 0 Å². The molecule has 1 fully saturated rings. The number of para-hydroxylation sites is 1. The maximum absolute atomic E-state index is 5.83. The van der Waals surface area contributed by atoms with E-state index in [-0.39, 0.29) is 5.92 Å². The Morgan fingerprint density at radius 2 is 2.25 bits per heavy atom. The van der Waals surface area contributed by atoms with E-state index in [1.807, 2.05) is 31.2 Å². The minimum absolute atomic E-state index is 0.235. The summed E-state index contributed by atoms with van der Waals surface area (Å²) < 4.78 is 16.5. The molecule has 1 aliphatic rings. The van der Waals surface area contributed by atoms with E-state index in [1.165, 1.54) is 0 Å². The second-order valence-corrected chi connectivity index (χ2v) is 5.12. The molecule has 0 bridgehead atoms. The number of hydrogen-bond acceptors (Lipinski definition) is 5. The van der Waals surface area contributed by atoms with Crippen LogP contribution in [0.2, 0.25) is 0 Å². The lowest BCUT2D eigenvalue weighted by atomic mass is 10.1. The van der Waals surface area contributed by atoms with Crippen molar-refractivity contribution in [2.45, 2.75) is 19.3 Å². The molecule has 5 heteroatoms. The average Bonchev–Trinajstić information content (AvgIpc) is 3.18. The number of nitrogens with zero attached hydrogens (tertiary/aromatic N) is 2. The number of hydrogen-bond donors (Lipinski definition) is 0. The molecule has 102 valence electrons. The molecule has 0 aliphatic carbocycles. The maximum Gasteiger partial charge on any atom is 0.293 e. The van der Waals surface area contributed by atoms with Crippen LogP contribution in [0.4, 0.5) is 0 Å². The summed E-state index contributed by atoms with van der Waals surface area (Å²) in [5.41, 5.74) is 1.96. The Morgan fingerprint density at radius 3 is 3.05 bits per heavy atom. The maximum atomic E-state index is 5.83. The smallest absolute Gasteiger partial charge is 0.293 e. The van der Waals surface area contributed by atoms with Crippen LogP contribution in [0.5, 0.6) is 0 Å². The number of benzene rings is 1. The third-order valence-corrected chi connectivity index (χ3v) is 3.69. The van der Waals surface area contributed by atoms with Gasteiger partial charge in [-0.1, -0.05) is 23.4 Å². The molecule has 0 spiro atoms. The molecule has 5 nitrogen and oxygen atoms in total. The predicted octanol–water partition coefficient (Wildman–Crippen LogP) is 3.30. The molecule has 20 heavy (non-hydrogen) atoms. The van der Waals surface area contributed by atoms with Gasteiger partial charge in [0.25, 0.3) is 5.89 Å². The van der Waals surface area contributed by atoms with Gasteiger partial charge >= 0.3 is 0 Å². The molecular weight excluding hydrogens is 256 g/mol. The van der Waals surface area contributed by atoms with Crippen LogP contribution in [0.25, 0.3) is 22.6 Å². The van der Waals surface area contributed by atoms with Crippen molar-refractivity contribution in [1.29, 1.82) is 0 Å². The lowest BCUT2D eigenvalue weighted by molar-refractivity contribution is 0.192. The van der Waals surface area contributed by atoms with Crippen molar-refractivity contribution in [2.75, 3.05) is 13.2 Å². The van der Waals surface area contributed by atoms with Gasteiger partial charge in [-0.2, -0.15) is 4.98 Å². The fourth-order valence-electron chi connectivity index (χ4n) is 2.55. The lowest BCUT2D eigenvalue weighted by Gasteiger charge is -1.97. The zero-order valence-corrected chi connectivity index (χ0v) is 11.1. The molecule has 0 N–H and O–H groups in total. The highest BCUT2D eigenvalue weighted by molar-refractivity contribution is 5.83. The van der Waals surface area contributed by atoms with Gasteiger partial charge in [0.15, 0.2) is 11.6 Å². The standard InChI is InChI=1S/C15H14N2O3/c1-9-3-2-4-10-7-12(19-13(9)10)15-16-14(17-20-15)11-5-6-18-8-11/h2-4,7,11H,5-6,8H2,1H3/t11-/m0/s1. The van der Waals surface area contributed by atoms with E-state index < -0.39 is 0 Å². The number of rotatable bonds is 2. The number of aryl methyl sites for hydroxylation is 1. The van der Waals surface area contributed by atoms with Crippen molar-refractivity contribution in [1.82, 2.24) is 10.1 Å². The molecule has 1 atom stereocenters. The molecule has 0 amide bonds. The SMILES string of the molecule is Cc1cccc2cc(-c3nc([C@H]4CCOC4)no3)oc12. The fraction of sp³-hybridized carbons (Fsp3) is 0.333. The van der Waals surface area contributed by atoms with Crippen molar-refractivity contribution >= 4 is 11.0 Å². The van der Waals surface area contributed by atoms with E-state index in [1.54, 1.807) is 0 Å². The summed E-state index contributed by atoms with van der Waals surface area (Å²) in [6, 6.07) is 7.97. The summed E-state index contributed by atoms with van der Waals surface area (Å²) in [6.07, 6.45) is 0.943. The Kier molecular flexibility index (Phi) is 2.60.